The fourth-order valence-corrected chi connectivity index (χ4v) is 1.43. The first-order chi connectivity index (χ1) is 7.65. The number of nitrogens with two attached hydrogens (primary N) is 1. The van der Waals surface area contributed by atoms with Crippen LogP contribution in [-0.2, 0) is 0 Å². The van der Waals surface area contributed by atoms with Crippen molar-refractivity contribution in [3.05, 3.63) is 41.3 Å². The average Bonchev–Trinajstić information content (AvgIpc) is 2.22. The van der Waals surface area contributed by atoms with Crippen LogP contribution in [0.5, 0.6) is 11.6 Å². The van der Waals surface area contributed by atoms with Crippen LogP contribution in [0.2, 0.25) is 5.02 Å². The fourth-order valence-electron chi connectivity index (χ4n) is 1.20. The van der Waals surface area contributed by atoms with Crippen molar-refractivity contribution in [2.75, 3.05) is 5.73 Å². The van der Waals surface area contributed by atoms with Crippen LogP contribution in [0.1, 0.15) is 5.69 Å². The molecule has 2 aromatic rings. The van der Waals surface area contributed by atoms with E-state index >= 15 is 0 Å². The van der Waals surface area contributed by atoms with Crippen LogP contribution >= 0.6 is 11.6 Å². The minimum absolute atomic E-state index is 0.409. The summed E-state index contributed by atoms with van der Waals surface area (Å²) in [5.74, 6) is 0.919. The highest BCUT2D eigenvalue weighted by molar-refractivity contribution is 6.32. The molecule has 0 bridgehead atoms. The van der Waals surface area contributed by atoms with E-state index in [2.05, 4.69) is 9.97 Å². The average molecular weight is 236 g/mol. The maximum atomic E-state index is 5.97. The van der Waals surface area contributed by atoms with Crippen molar-refractivity contribution in [3.8, 4) is 11.6 Å². The zero-order valence-corrected chi connectivity index (χ0v) is 9.40. The van der Waals surface area contributed by atoms with Crippen LogP contribution in [0, 0.1) is 6.92 Å². The lowest BCUT2D eigenvalue weighted by molar-refractivity contribution is 0.459. The third-order valence-electron chi connectivity index (χ3n) is 1.90. The standard InChI is InChI=1S/C11H10ClN3O/c1-7-5-14-6-11(15-7)16-10-3-2-8(13)4-9(10)12/h2-6H,13H2,1H3. The SMILES string of the molecule is Cc1cncc(Oc2ccc(N)cc2Cl)n1. The van der Waals surface area contributed by atoms with Gasteiger partial charge in [0.05, 0.1) is 16.9 Å². The van der Waals surface area contributed by atoms with Gasteiger partial charge in [-0.25, -0.2) is 4.98 Å². The highest BCUT2D eigenvalue weighted by Crippen LogP contribution is 2.29. The molecular formula is C11H10ClN3O. The van der Waals surface area contributed by atoms with Gasteiger partial charge in [-0.15, -0.1) is 0 Å². The molecule has 0 amide bonds. The first-order valence-corrected chi connectivity index (χ1v) is 5.04. The molecule has 0 spiro atoms. The minimum Gasteiger partial charge on any atom is -0.436 e. The number of hydrogen-bond acceptors (Lipinski definition) is 4. The Bertz CT molecular complexity index is 516. The summed E-state index contributed by atoms with van der Waals surface area (Å²) in [6.07, 6.45) is 3.18. The van der Waals surface area contributed by atoms with E-state index in [1.165, 1.54) is 6.20 Å². The summed E-state index contributed by atoms with van der Waals surface area (Å²) in [5.41, 5.74) is 6.95. The predicted octanol–water partition coefficient (Wildman–Crippen LogP) is 2.81. The van der Waals surface area contributed by atoms with Gasteiger partial charge in [0.25, 0.3) is 0 Å². The third kappa shape index (κ3) is 2.41. The maximum Gasteiger partial charge on any atom is 0.238 e. The van der Waals surface area contributed by atoms with Crippen LogP contribution in [0.3, 0.4) is 0 Å². The van der Waals surface area contributed by atoms with Crippen molar-refractivity contribution in [3.63, 3.8) is 0 Å². The number of hydrogen-bond donors (Lipinski definition) is 1. The summed E-state index contributed by atoms with van der Waals surface area (Å²) in [7, 11) is 0. The second-order valence-corrected chi connectivity index (χ2v) is 3.70. The summed E-state index contributed by atoms with van der Waals surface area (Å²) in [6.45, 7) is 1.84. The van der Waals surface area contributed by atoms with Gasteiger partial charge in [-0.2, -0.15) is 0 Å². The van der Waals surface area contributed by atoms with Gasteiger partial charge in [0.15, 0.2) is 0 Å². The van der Waals surface area contributed by atoms with E-state index in [1.807, 2.05) is 6.92 Å². The lowest BCUT2D eigenvalue weighted by Crippen LogP contribution is -1.92. The topological polar surface area (TPSA) is 61.0 Å². The second kappa shape index (κ2) is 4.37. The molecule has 0 saturated heterocycles. The zero-order valence-electron chi connectivity index (χ0n) is 8.64. The van der Waals surface area contributed by atoms with E-state index in [1.54, 1.807) is 24.4 Å². The number of aromatic nitrogens is 2. The molecule has 0 atom stereocenters. The lowest BCUT2D eigenvalue weighted by Gasteiger charge is -2.06. The zero-order chi connectivity index (χ0) is 11.5. The van der Waals surface area contributed by atoms with Crippen LogP contribution in [0.25, 0.3) is 0 Å². The third-order valence-corrected chi connectivity index (χ3v) is 2.20. The van der Waals surface area contributed by atoms with Gasteiger partial charge < -0.3 is 10.5 Å². The predicted molar refractivity (Wildman–Crippen MR) is 62.7 cm³/mol. The van der Waals surface area contributed by atoms with Crippen molar-refractivity contribution in [1.82, 2.24) is 9.97 Å². The van der Waals surface area contributed by atoms with Gasteiger partial charge in [-0.3, -0.25) is 4.98 Å². The molecule has 0 aliphatic rings. The van der Waals surface area contributed by atoms with Crippen molar-refractivity contribution < 1.29 is 4.74 Å². The number of rotatable bonds is 2. The van der Waals surface area contributed by atoms with Crippen molar-refractivity contribution in [2.24, 2.45) is 0 Å². The highest BCUT2D eigenvalue weighted by Gasteiger charge is 2.04. The first-order valence-electron chi connectivity index (χ1n) is 4.66. The Hall–Kier alpha value is -1.81. The maximum absolute atomic E-state index is 5.97. The molecule has 0 aliphatic carbocycles. The monoisotopic (exact) mass is 235 g/mol. The Balaban J connectivity index is 2.27. The van der Waals surface area contributed by atoms with E-state index in [9.17, 15) is 0 Å². The van der Waals surface area contributed by atoms with E-state index in [-0.39, 0.29) is 0 Å². The van der Waals surface area contributed by atoms with Gasteiger partial charge in [0.1, 0.15) is 5.75 Å². The summed E-state index contributed by atoms with van der Waals surface area (Å²) < 4.78 is 5.48. The molecule has 4 nitrogen and oxygen atoms in total. The molecular weight excluding hydrogens is 226 g/mol. The van der Waals surface area contributed by atoms with E-state index < -0.39 is 0 Å². The number of aryl methyl sites for hydroxylation is 1. The smallest absolute Gasteiger partial charge is 0.238 e. The second-order valence-electron chi connectivity index (χ2n) is 3.29. The summed E-state index contributed by atoms with van der Waals surface area (Å²) in [4.78, 5) is 8.13. The van der Waals surface area contributed by atoms with Gasteiger partial charge in [0, 0.05) is 11.9 Å². The highest BCUT2D eigenvalue weighted by atomic mass is 35.5. The molecule has 1 aromatic heterocycles. The number of benzene rings is 1. The number of nitrogen functional groups attached to an aromatic ring is 1. The van der Waals surface area contributed by atoms with Crippen molar-refractivity contribution in [1.29, 1.82) is 0 Å². The molecule has 1 heterocycles. The Kier molecular flexibility index (Phi) is 2.92. The fraction of sp³-hybridized carbons (Fsp3) is 0.0909. The quantitative estimate of drug-likeness (QED) is 0.813. The van der Waals surface area contributed by atoms with Crippen LogP contribution in [0.15, 0.2) is 30.6 Å². The van der Waals surface area contributed by atoms with Crippen LogP contribution < -0.4 is 10.5 Å². The number of anilines is 1. The summed E-state index contributed by atoms with van der Waals surface area (Å²) in [5, 5.41) is 0.448. The van der Waals surface area contributed by atoms with Crippen LogP contribution in [0.4, 0.5) is 5.69 Å². The van der Waals surface area contributed by atoms with Crippen molar-refractivity contribution in [2.45, 2.75) is 6.92 Å². The number of ether oxygens (including phenoxy) is 1. The van der Waals surface area contributed by atoms with E-state index in [0.29, 0.717) is 22.3 Å². The Morgan fingerprint density at radius 1 is 1.31 bits per heavy atom. The van der Waals surface area contributed by atoms with Crippen molar-refractivity contribution >= 4 is 17.3 Å². The largest absolute Gasteiger partial charge is 0.436 e. The molecule has 0 unspecified atom stereocenters. The molecule has 0 saturated carbocycles. The Labute approximate surface area is 98.0 Å². The lowest BCUT2D eigenvalue weighted by atomic mass is 10.3. The minimum atomic E-state index is 0.409. The molecule has 0 fully saturated rings. The molecule has 1 aromatic carbocycles. The Morgan fingerprint density at radius 2 is 2.12 bits per heavy atom. The van der Waals surface area contributed by atoms with E-state index in [0.717, 1.165) is 5.69 Å². The summed E-state index contributed by atoms with van der Waals surface area (Å²) >= 11 is 5.97. The number of nitrogens with zero attached hydrogens (tertiary/aromatic N) is 2. The van der Waals surface area contributed by atoms with Gasteiger partial charge in [-0.05, 0) is 25.1 Å². The number of halogens is 1. The van der Waals surface area contributed by atoms with Gasteiger partial charge in [-0.1, -0.05) is 11.6 Å². The van der Waals surface area contributed by atoms with Gasteiger partial charge in [0.2, 0.25) is 5.88 Å². The van der Waals surface area contributed by atoms with Gasteiger partial charge >= 0.3 is 0 Å². The first kappa shape index (κ1) is 10.7. The van der Waals surface area contributed by atoms with Crippen LogP contribution in [-0.4, -0.2) is 9.97 Å². The molecule has 2 rings (SSSR count). The molecule has 0 radical (unpaired) electrons. The molecule has 0 aliphatic heterocycles. The molecule has 82 valence electrons. The Morgan fingerprint density at radius 3 is 2.81 bits per heavy atom. The molecule has 2 N–H and O–H groups in total. The normalized spacial score (nSPS) is 10.1. The van der Waals surface area contributed by atoms with E-state index in [4.69, 9.17) is 22.1 Å². The summed E-state index contributed by atoms with van der Waals surface area (Å²) in [6, 6.07) is 5.03. The molecule has 5 heteroatoms. The molecule has 16 heavy (non-hydrogen) atoms.